The fourth-order valence-electron chi connectivity index (χ4n) is 3.66. The lowest BCUT2D eigenvalue weighted by atomic mass is 9.98. The summed E-state index contributed by atoms with van der Waals surface area (Å²) >= 11 is 3.71. The first-order chi connectivity index (χ1) is 13.2. The maximum absolute atomic E-state index is 4.41. The second-order valence-corrected chi connectivity index (χ2v) is 9.61. The number of hydrogen-bond acceptors (Lipinski definition) is 4. The van der Waals surface area contributed by atoms with E-state index in [-0.39, 0.29) is 24.0 Å². The molecule has 3 rings (SSSR count). The molecule has 2 aromatic heterocycles. The summed E-state index contributed by atoms with van der Waals surface area (Å²) < 4.78 is 0. The Morgan fingerprint density at radius 3 is 2.64 bits per heavy atom. The number of hydrogen-bond donors (Lipinski definition) is 2. The normalized spacial score (nSPS) is 19.1. The molecule has 2 unspecified atom stereocenters. The summed E-state index contributed by atoms with van der Waals surface area (Å²) in [7, 11) is 1.86. The average Bonchev–Trinajstić information content (AvgIpc) is 3.36. The Balaban J connectivity index is 0.00000280. The van der Waals surface area contributed by atoms with Crippen LogP contribution in [-0.2, 0) is 13.0 Å². The van der Waals surface area contributed by atoms with Gasteiger partial charge in [0.1, 0.15) is 0 Å². The average molecular weight is 533 g/mol. The van der Waals surface area contributed by atoms with Gasteiger partial charge in [0, 0.05) is 43.0 Å². The van der Waals surface area contributed by atoms with E-state index in [1.54, 1.807) is 0 Å². The van der Waals surface area contributed by atoms with Gasteiger partial charge in [-0.2, -0.15) is 0 Å². The smallest absolute Gasteiger partial charge is 0.190 e. The third-order valence-corrected chi connectivity index (χ3v) is 6.85. The van der Waals surface area contributed by atoms with Gasteiger partial charge in [-0.3, -0.25) is 9.89 Å². The first kappa shape index (κ1) is 23.6. The van der Waals surface area contributed by atoms with Crippen LogP contribution in [0.5, 0.6) is 0 Å². The third-order valence-electron chi connectivity index (χ3n) is 5.09. The van der Waals surface area contributed by atoms with E-state index >= 15 is 0 Å². The van der Waals surface area contributed by atoms with Gasteiger partial charge >= 0.3 is 0 Å². The third kappa shape index (κ3) is 8.00. The lowest BCUT2D eigenvalue weighted by Crippen LogP contribution is -2.45. The second-order valence-electron chi connectivity index (χ2n) is 7.55. The van der Waals surface area contributed by atoms with Gasteiger partial charge in [-0.25, -0.2) is 0 Å². The van der Waals surface area contributed by atoms with E-state index in [1.165, 1.54) is 35.7 Å². The maximum atomic E-state index is 4.41. The topological polar surface area (TPSA) is 39.7 Å². The molecule has 0 amide bonds. The van der Waals surface area contributed by atoms with Crippen LogP contribution >= 0.6 is 46.7 Å². The lowest BCUT2D eigenvalue weighted by Gasteiger charge is -2.32. The zero-order valence-electron chi connectivity index (χ0n) is 16.9. The molecule has 1 aliphatic rings. The predicted octanol–water partition coefficient (Wildman–Crippen LogP) is 4.68. The van der Waals surface area contributed by atoms with Crippen molar-refractivity contribution in [2.45, 2.75) is 32.7 Å². The van der Waals surface area contributed by atoms with E-state index < -0.39 is 0 Å². The minimum Gasteiger partial charge on any atom is -0.356 e. The number of nitrogens with zero attached hydrogens (tertiary/aromatic N) is 2. The maximum Gasteiger partial charge on any atom is 0.190 e. The van der Waals surface area contributed by atoms with Crippen LogP contribution in [0.2, 0.25) is 0 Å². The largest absolute Gasteiger partial charge is 0.356 e. The van der Waals surface area contributed by atoms with Crippen molar-refractivity contribution in [3.8, 4) is 0 Å². The summed E-state index contributed by atoms with van der Waals surface area (Å²) in [5.41, 5.74) is 0. The number of halogens is 1. The van der Waals surface area contributed by atoms with Crippen LogP contribution in [0.1, 0.15) is 29.5 Å². The van der Waals surface area contributed by atoms with Gasteiger partial charge < -0.3 is 10.6 Å². The van der Waals surface area contributed by atoms with Crippen molar-refractivity contribution in [1.82, 2.24) is 15.5 Å². The summed E-state index contributed by atoms with van der Waals surface area (Å²) in [4.78, 5) is 9.94. The number of thiophene rings is 2. The van der Waals surface area contributed by atoms with E-state index in [0.717, 1.165) is 32.0 Å². The Labute approximate surface area is 194 Å². The quantitative estimate of drug-likeness (QED) is 0.295. The van der Waals surface area contributed by atoms with E-state index in [1.807, 2.05) is 29.7 Å². The summed E-state index contributed by atoms with van der Waals surface area (Å²) in [6.07, 6.45) is 3.73. The van der Waals surface area contributed by atoms with Crippen LogP contribution in [-0.4, -0.2) is 44.1 Å². The Morgan fingerprint density at radius 1 is 1.21 bits per heavy atom. The van der Waals surface area contributed by atoms with Gasteiger partial charge in [0.25, 0.3) is 0 Å². The van der Waals surface area contributed by atoms with Crippen molar-refractivity contribution in [1.29, 1.82) is 0 Å². The Morgan fingerprint density at radius 2 is 1.96 bits per heavy atom. The highest BCUT2D eigenvalue weighted by molar-refractivity contribution is 14.0. The van der Waals surface area contributed by atoms with Crippen molar-refractivity contribution in [2.24, 2.45) is 16.8 Å². The van der Waals surface area contributed by atoms with Crippen LogP contribution in [0.15, 0.2) is 40.0 Å². The van der Waals surface area contributed by atoms with Gasteiger partial charge in [-0.1, -0.05) is 19.1 Å². The second kappa shape index (κ2) is 12.8. The van der Waals surface area contributed by atoms with Crippen molar-refractivity contribution in [2.75, 3.05) is 33.2 Å². The van der Waals surface area contributed by atoms with Crippen LogP contribution in [0.25, 0.3) is 0 Å². The molecule has 0 aromatic carbocycles. The van der Waals surface area contributed by atoms with E-state index in [9.17, 15) is 0 Å². The summed E-state index contributed by atoms with van der Waals surface area (Å²) in [5.74, 6) is 2.22. The molecule has 156 valence electrons. The number of nitrogens with one attached hydrogen (secondary N) is 2. The number of guanidine groups is 1. The van der Waals surface area contributed by atoms with Crippen molar-refractivity contribution < 1.29 is 0 Å². The monoisotopic (exact) mass is 532 g/mol. The van der Waals surface area contributed by atoms with Gasteiger partial charge in [-0.15, -0.1) is 46.7 Å². The molecular formula is C21H33IN4S2. The summed E-state index contributed by atoms with van der Waals surface area (Å²) in [6, 6.07) is 8.75. The first-order valence-corrected chi connectivity index (χ1v) is 11.7. The van der Waals surface area contributed by atoms with Crippen LogP contribution in [0.3, 0.4) is 0 Å². The summed E-state index contributed by atoms with van der Waals surface area (Å²) in [6.45, 7) is 7.75. The Hall–Kier alpha value is -0.640. The summed E-state index contributed by atoms with van der Waals surface area (Å²) in [5, 5.41) is 11.4. The molecule has 1 fully saturated rings. The SMILES string of the molecule is CN=C(NCC(C)Cc1cccs1)NCC1CCCN(Cc2cccs2)C1.I. The minimum absolute atomic E-state index is 0. The van der Waals surface area contributed by atoms with Crippen LogP contribution < -0.4 is 10.6 Å². The number of rotatable bonds is 8. The molecule has 0 saturated carbocycles. The van der Waals surface area contributed by atoms with Crippen LogP contribution in [0.4, 0.5) is 0 Å². The zero-order chi connectivity index (χ0) is 18.9. The zero-order valence-corrected chi connectivity index (χ0v) is 20.9. The van der Waals surface area contributed by atoms with Crippen molar-refractivity contribution in [3.05, 3.63) is 44.8 Å². The van der Waals surface area contributed by atoms with Crippen molar-refractivity contribution >= 4 is 52.6 Å². The molecule has 0 bridgehead atoms. The molecule has 1 saturated heterocycles. The highest BCUT2D eigenvalue weighted by Gasteiger charge is 2.20. The van der Waals surface area contributed by atoms with Gasteiger partial charge in [0.15, 0.2) is 5.96 Å². The highest BCUT2D eigenvalue weighted by Crippen LogP contribution is 2.20. The molecule has 2 aromatic rings. The molecule has 7 heteroatoms. The molecule has 0 radical (unpaired) electrons. The molecule has 4 nitrogen and oxygen atoms in total. The molecule has 3 heterocycles. The molecule has 2 N–H and O–H groups in total. The van der Waals surface area contributed by atoms with Gasteiger partial charge in [-0.05, 0) is 60.5 Å². The Bertz CT molecular complexity index is 673. The van der Waals surface area contributed by atoms with E-state index in [2.05, 4.69) is 62.5 Å². The number of piperidine rings is 1. The van der Waals surface area contributed by atoms with Crippen molar-refractivity contribution in [3.63, 3.8) is 0 Å². The first-order valence-electron chi connectivity index (χ1n) is 9.94. The van der Waals surface area contributed by atoms with Gasteiger partial charge in [0.2, 0.25) is 0 Å². The Kier molecular flexibility index (Phi) is 10.8. The van der Waals surface area contributed by atoms with Gasteiger partial charge in [0.05, 0.1) is 0 Å². The van der Waals surface area contributed by atoms with Crippen LogP contribution in [0, 0.1) is 11.8 Å². The molecule has 0 aliphatic carbocycles. The predicted molar refractivity (Wildman–Crippen MR) is 134 cm³/mol. The van der Waals surface area contributed by atoms with E-state index in [0.29, 0.717) is 11.8 Å². The minimum atomic E-state index is 0. The molecule has 2 atom stereocenters. The standard InChI is InChI=1S/C21H32N4S2.HI/c1-17(12-19-7-4-10-26-19)13-23-21(22-2)24-14-18-6-3-9-25(15-18)16-20-8-5-11-27-20;/h4-5,7-8,10-11,17-18H,3,6,9,12-16H2,1-2H3,(H2,22,23,24);1H. The number of aliphatic imine (C=N–C) groups is 1. The molecular weight excluding hydrogens is 499 g/mol. The fraction of sp³-hybridized carbons (Fsp3) is 0.571. The molecule has 0 spiro atoms. The fourth-order valence-corrected chi connectivity index (χ4v) is 5.28. The molecule has 28 heavy (non-hydrogen) atoms. The highest BCUT2D eigenvalue weighted by atomic mass is 127. The molecule has 1 aliphatic heterocycles. The van der Waals surface area contributed by atoms with E-state index in [4.69, 9.17) is 0 Å². The number of likely N-dealkylation sites (tertiary alicyclic amines) is 1. The lowest BCUT2D eigenvalue weighted by molar-refractivity contribution is 0.169.